The van der Waals surface area contributed by atoms with Crippen molar-refractivity contribution in [1.82, 2.24) is 4.98 Å². The fourth-order valence-electron chi connectivity index (χ4n) is 3.37. The number of aryl methyl sites for hydroxylation is 1. The SMILES string of the molecule is I.NC(=NCc1ccnc(OCC2CC2)c1)Nc1cccc2c1CCCC2. The van der Waals surface area contributed by atoms with E-state index in [1.165, 1.54) is 36.8 Å². The van der Waals surface area contributed by atoms with E-state index in [0.29, 0.717) is 18.4 Å². The number of halogens is 1. The monoisotopic (exact) mass is 478 g/mol. The molecule has 1 aromatic heterocycles. The summed E-state index contributed by atoms with van der Waals surface area (Å²) in [7, 11) is 0. The number of hydrogen-bond donors (Lipinski definition) is 2. The molecule has 2 aliphatic carbocycles. The molecule has 1 fully saturated rings. The van der Waals surface area contributed by atoms with Crippen molar-refractivity contribution in [2.45, 2.75) is 45.1 Å². The number of fused-ring (bicyclic) bond motifs is 1. The molecule has 0 atom stereocenters. The Hall–Kier alpha value is -1.83. The summed E-state index contributed by atoms with van der Waals surface area (Å²) in [5.41, 5.74) is 11.1. The van der Waals surface area contributed by atoms with Gasteiger partial charge in [-0.15, -0.1) is 24.0 Å². The minimum absolute atomic E-state index is 0. The first kappa shape index (κ1) is 19.9. The molecule has 3 N–H and O–H groups in total. The Kier molecular flexibility index (Phi) is 6.93. The Balaban J connectivity index is 0.00000210. The fraction of sp³-hybridized carbons (Fsp3) is 0.429. The van der Waals surface area contributed by atoms with Crippen LogP contribution in [0.3, 0.4) is 0 Å². The highest BCUT2D eigenvalue weighted by molar-refractivity contribution is 14.0. The van der Waals surface area contributed by atoms with Gasteiger partial charge in [0, 0.05) is 18.0 Å². The second-order valence-corrected chi connectivity index (χ2v) is 7.23. The minimum Gasteiger partial charge on any atom is -0.477 e. The number of aliphatic imine (C=N–C) groups is 1. The molecular formula is C21H27IN4O. The Morgan fingerprint density at radius 1 is 1.22 bits per heavy atom. The van der Waals surface area contributed by atoms with Gasteiger partial charge in [0.05, 0.1) is 13.2 Å². The lowest BCUT2D eigenvalue weighted by Crippen LogP contribution is -2.24. The number of benzene rings is 1. The van der Waals surface area contributed by atoms with Crippen molar-refractivity contribution >= 4 is 35.6 Å². The van der Waals surface area contributed by atoms with Gasteiger partial charge >= 0.3 is 0 Å². The van der Waals surface area contributed by atoms with Crippen LogP contribution in [0.4, 0.5) is 5.69 Å². The maximum atomic E-state index is 6.12. The number of hydrogen-bond acceptors (Lipinski definition) is 3. The minimum atomic E-state index is 0. The van der Waals surface area contributed by atoms with Gasteiger partial charge < -0.3 is 15.8 Å². The molecular weight excluding hydrogens is 451 g/mol. The topological polar surface area (TPSA) is 72.5 Å². The molecule has 5 nitrogen and oxygen atoms in total. The van der Waals surface area contributed by atoms with Crippen molar-refractivity contribution in [3.05, 3.63) is 53.2 Å². The average molecular weight is 478 g/mol. The molecule has 144 valence electrons. The Labute approximate surface area is 177 Å². The summed E-state index contributed by atoms with van der Waals surface area (Å²) in [5.74, 6) is 1.84. The zero-order valence-corrected chi connectivity index (χ0v) is 17.8. The molecule has 0 aliphatic heterocycles. The summed E-state index contributed by atoms with van der Waals surface area (Å²) in [6, 6.07) is 10.3. The molecule has 6 heteroatoms. The second kappa shape index (κ2) is 9.39. The van der Waals surface area contributed by atoms with E-state index in [1.54, 1.807) is 6.20 Å². The van der Waals surface area contributed by atoms with Crippen molar-refractivity contribution in [2.24, 2.45) is 16.6 Å². The number of aromatic nitrogens is 1. The van der Waals surface area contributed by atoms with Gasteiger partial charge in [0.1, 0.15) is 0 Å². The van der Waals surface area contributed by atoms with E-state index >= 15 is 0 Å². The third-order valence-corrected chi connectivity index (χ3v) is 5.05. The number of rotatable bonds is 6. The quantitative estimate of drug-likeness (QED) is 0.369. The van der Waals surface area contributed by atoms with Crippen LogP contribution in [0.2, 0.25) is 0 Å². The first-order valence-corrected chi connectivity index (χ1v) is 9.53. The number of ether oxygens (including phenoxy) is 1. The third kappa shape index (κ3) is 5.57. The Morgan fingerprint density at radius 3 is 2.93 bits per heavy atom. The van der Waals surface area contributed by atoms with Crippen LogP contribution < -0.4 is 15.8 Å². The first-order valence-electron chi connectivity index (χ1n) is 9.53. The van der Waals surface area contributed by atoms with Crippen molar-refractivity contribution in [3.8, 4) is 5.88 Å². The van der Waals surface area contributed by atoms with E-state index in [1.807, 2.05) is 12.1 Å². The Morgan fingerprint density at radius 2 is 2.07 bits per heavy atom. The third-order valence-electron chi connectivity index (χ3n) is 5.05. The summed E-state index contributed by atoms with van der Waals surface area (Å²) in [6.07, 6.45) is 9.09. The lowest BCUT2D eigenvalue weighted by atomic mass is 9.90. The van der Waals surface area contributed by atoms with Gasteiger partial charge in [0.2, 0.25) is 5.88 Å². The van der Waals surface area contributed by atoms with Gasteiger partial charge in [-0.3, -0.25) is 0 Å². The van der Waals surface area contributed by atoms with E-state index in [-0.39, 0.29) is 24.0 Å². The second-order valence-electron chi connectivity index (χ2n) is 7.23. The molecule has 2 aliphatic rings. The van der Waals surface area contributed by atoms with Crippen LogP contribution in [0.5, 0.6) is 5.88 Å². The van der Waals surface area contributed by atoms with Gasteiger partial charge in [0.15, 0.2) is 5.96 Å². The maximum Gasteiger partial charge on any atom is 0.213 e. The molecule has 0 bridgehead atoms. The summed E-state index contributed by atoms with van der Waals surface area (Å²) >= 11 is 0. The highest BCUT2D eigenvalue weighted by atomic mass is 127. The number of nitrogens with one attached hydrogen (secondary N) is 1. The van der Waals surface area contributed by atoms with E-state index < -0.39 is 0 Å². The number of nitrogens with two attached hydrogens (primary N) is 1. The molecule has 27 heavy (non-hydrogen) atoms. The van der Waals surface area contributed by atoms with E-state index in [2.05, 4.69) is 33.5 Å². The number of pyridine rings is 1. The summed E-state index contributed by atoms with van der Waals surface area (Å²) < 4.78 is 5.73. The Bertz CT molecular complexity index is 805. The van der Waals surface area contributed by atoms with Gasteiger partial charge in [-0.2, -0.15) is 0 Å². The van der Waals surface area contributed by atoms with Crippen LogP contribution in [0.1, 0.15) is 42.4 Å². The maximum absolute atomic E-state index is 6.12. The number of guanidine groups is 1. The summed E-state index contributed by atoms with van der Waals surface area (Å²) in [6.45, 7) is 1.28. The van der Waals surface area contributed by atoms with Crippen LogP contribution in [-0.4, -0.2) is 17.6 Å². The van der Waals surface area contributed by atoms with E-state index in [9.17, 15) is 0 Å². The molecule has 4 rings (SSSR count). The first-order chi connectivity index (χ1) is 12.8. The highest BCUT2D eigenvalue weighted by Crippen LogP contribution is 2.29. The van der Waals surface area contributed by atoms with Crippen LogP contribution in [0, 0.1) is 5.92 Å². The summed E-state index contributed by atoms with van der Waals surface area (Å²) in [5, 5.41) is 3.28. The van der Waals surface area contributed by atoms with Crippen molar-refractivity contribution in [3.63, 3.8) is 0 Å². The van der Waals surface area contributed by atoms with Crippen molar-refractivity contribution in [2.75, 3.05) is 11.9 Å². The van der Waals surface area contributed by atoms with Crippen molar-refractivity contribution in [1.29, 1.82) is 0 Å². The van der Waals surface area contributed by atoms with E-state index in [4.69, 9.17) is 10.5 Å². The molecule has 1 saturated carbocycles. The molecule has 0 amide bonds. The van der Waals surface area contributed by atoms with Crippen LogP contribution in [0.25, 0.3) is 0 Å². The predicted octanol–water partition coefficient (Wildman–Crippen LogP) is 4.29. The standard InChI is InChI=1S/C21H26N4O.HI/c22-21(25-19-7-3-5-17-4-1-2-6-18(17)19)24-13-16-10-11-23-20(12-16)26-14-15-8-9-15;/h3,5,7,10-12,15H,1-2,4,6,8-9,13-14H2,(H3,22,24,25);1H. The summed E-state index contributed by atoms with van der Waals surface area (Å²) in [4.78, 5) is 8.75. The number of nitrogens with zero attached hydrogens (tertiary/aromatic N) is 2. The van der Waals surface area contributed by atoms with Gasteiger partial charge in [-0.1, -0.05) is 12.1 Å². The largest absolute Gasteiger partial charge is 0.477 e. The lowest BCUT2D eigenvalue weighted by molar-refractivity contribution is 0.288. The zero-order chi connectivity index (χ0) is 17.8. The smallest absolute Gasteiger partial charge is 0.213 e. The molecule has 0 spiro atoms. The molecule has 2 aromatic rings. The van der Waals surface area contributed by atoms with E-state index in [0.717, 1.165) is 36.6 Å². The average Bonchev–Trinajstić information content (AvgIpc) is 3.50. The number of anilines is 1. The molecule has 0 radical (unpaired) electrons. The molecule has 0 saturated heterocycles. The van der Waals surface area contributed by atoms with Crippen molar-refractivity contribution < 1.29 is 4.74 Å². The highest BCUT2D eigenvalue weighted by Gasteiger charge is 2.22. The van der Waals surface area contributed by atoms with Crippen LogP contribution in [-0.2, 0) is 19.4 Å². The molecule has 0 unspecified atom stereocenters. The zero-order valence-electron chi connectivity index (χ0n) is 15.5. The molecule has 1 heterocycles. The van der Waals surface area contributed by atoms with Crippen LogP contribution >= 0.6 is 24.0 Å². The van der Waals surface area contributed by atoms with Gasteiger partial charge in [-0.05, 0) is 73.3 Å². The van der Waals surface area contributed by atoms with Gasteiger partial charge in [-0.25, -0.2) is 9.98 Å². The normalized spacial score (nSPS) is 16.2. The fourth-order valence-corrected chi connectivity index (χ4v) is 3.37. The lowest BCUT2D eigenvalue weighted by Gasteiger charge is -2.19. The predicted molar refractivity (Wildman–Crippen MR) is 120 cm³/mol. The molecule has 1 aromatic carbocycles. The van der Waals surface area contributed by atoms with Gasteiger partial charge in [0.25, 0.3) is 0 Å². The van der Waals surface area contributed by atoms with Crippen LogP contribution in [0.15, 0.2) is 41.5 Å².